The van der Waals surface area contributed by atoms with Gasteiger partial charge < -0.3 is 35.3 Å². The molecule has 31 heavy (non-hydrogen) atoms. The van der Waals surface area contributed by atoms with E-state index in [9.17, 15) is 37.7 Å². The fourth-order valence-corrected chi connectivity index (χ4v) is 5.21. The zero-order valence-electron chi connectivity index (χ0n) is 14.8. The highest BCUT2D eigenvalue weighted by atomic mass is 31.3. The van der Waals surface area contributed by atoms with Crippen molar-refractivity contribution in [3.05, 3.63) is 39.2 Å². The smallest absolute Gasteiger partial charge is 0.464 e. The highest BCUT2D eigenvalue weighted by molar-refractivity contribution is 7.66. The lowest BCUT2D eigenvalue weighted by molar-refractivity contribution is -0.0803. The second-order valence-corrected chi connectivity index (χ2v) is 10.2. The topological polar surface area (TPSA) is 259 Å². The monoisotopic (exact) mass is 513 g/mol. The molecule has 2 rings (SSSR count). The van der Waals surface area contributed by atoms with E-state index in [4.69, 9.17) is 25.3 Å². The number of hydrogen-bond donors (Lipinski definition) is 6. The van der Waals surface area contributed by atoms with E-state index >= 15 is 0 Å². The van der Waals surface area contributed by atoms with Crippen LogP contribution in [0.3, 0.4) is 0 Å². The number of aromatic nitrogens is 2. The van der Waals surface area contributed by atoms with Crippen molar-refractivity contribution in [1.82, 2.24) is 9.24 Å². The minimum atomic E-state index is -5.82. The summed E-state index contributed by atoms with van der Waals surface area (Å²) < 4.78 is 64.5. The molecule has 0 saturated heterocycles. The summed E-state index contributed by atoms with van der Waals surface area (Å²) >= 11 is 0. The largest absolute Gasteiger partial charge is 0.490 e. The molecule has 0 radical (unpaired) electrons. The van der Waals surface area contributed by atoms with Crippen LogP contribution in [0.2, 0.25) is 0 Å². The third-order valence-corrected chi connectivity index (χ3v) is 7.30. The summed E-state index contributed by atoms with van der Waals surface area (Å²) in [4.78, 5) is 58.8. The molecular formula is C10H15FN3O14P3. The van der Waals surface area contributed by atoms with E-state index < -0.39 is 65.6 Å². The Kier molecular flexibility index (Phi) is 7.17. The fraction of sp³-hybridized carbons (Fsp3) is 0.400. The zero-order valence-corrected chi connectivity index (χ0v) is 17.5. The number of hydrogen-bond acceptors (Lipinski definition) is 11. The fourth-order valence-electron chi connectivity index (χ4n) is 2.13. The number of phosphoric acid groups is 3. The normalized spacial score (nSPS) is 25.4. The van der Waals surface area contributed by atoms with Gasteiger partial charge in [-0.05, 0) is 0 Å². The van der Waals surface area contributed by atoms with E-state index in [1.807, 2.05) is 0 Å². The lowest BCUT2D eigenvalue weighted by Gasteiger charge is -2.30. The van der Waals surface area contributed by atoms with Crippen LogP contribution in [0.1, 0.15) is 0 Å². The van der Waals surface area contributed by atoms with Crippen LogP contribution in [0, 0.1) is 0 Å². The first-order valence-electron chi connectivity index (χ1n) is 7.54. The van der Waals surface area contributed by atoms with Crippen LogP contribution in [-0.2, 0) is 31.6 Å². The first-order chi connectivity index (χ1) is 14.0. The van der Waals surface area contributed by atoms with Crippen molar-refractivity contribution in [3.8, 4) is 0 Å². The Morgan fingerprint density at radius 1 is 1.16 bits per heavy atom. The number of nitrogens with two attached hydrogens (primary N) is 1. The number of alkyl halides is 1. The van der Waals surface area contributed by atoms with Crippen LogP contribution in [0.15, 0.2) is 27.9 Å². The van der Waals surface area contributed by atoms with E-state index in [1.54, 1.807) is 0 Å². The maximum atomic E-state index is 13.7. The van der Waals surface area contributed by atoms with Gasteiger partial charge in [0.1, 0.15) is 19.4 Å². The van der Waals surface area contributed by atoms with Crippen molar-refractivity contribution in [3.63, 3.8) is 0 Å². The molecule has 0 aromatic carbocycles. The number of halogens is 1. The van der Waals surface area contributed by atoms with Gasteiger partial charge >= 0.3 is 29.2 Å². The van der Waals surface area contributed by atoms with Crippen LogP contribution in [0.25, 0.3) is 5.88 Å². The summed E-state index contributed by atoms with van der Waals surface area (Å²) in [5, 5.41) is 10.1. The highest BCUT2D eigenvalue weighted by Crippen LogP contribution is 2.66. The molecule has 0 saturated carbocycles. The van der Waals surface area contributed by atoms with E-state index in [2.05, 4.69) is 13.1 Å². The van der Waals surface area contributed by atoms with Crippen LogP contribution in [-0.4, -0.2) is 58.9 Å². The predicted molar refractivity (Wildman–Crippen MR) is 95.0 cm³/mol. The first kappa shape index (κ1) is 25.6. The molecule has 4 atom stereocenters. The molecule has 7 N–H and O–H groups in total. The highest BCUT2D eigenvalue weighted by Gasteiger charge is 2.49. The minimum Gasteiger partial charge on any atom is -0.464 e. The molecule has 1 aliphatic heterocycles. The molecule has 1 aliphatic rings. The van der Waals surface area contributed by atoms with Gasteiger partial charge in [0.25, 0.3) is 5.56 Å². The van der Waals surface area contributed by atoms with Crippen LogP contribution >= 0.6 is 23.5 Å². The average molecular weight is 513 g/mol. The number of aliphatic hydroxyl groups is 1. The van der Waals surface area contributed by atoms with E-state index in [0.717, 1.165) is 18.3 Å². The Bertz CT molecular complexity index is 1140. The van der Waals surface area contributed by atoms with Gasteiger partial charge in [-0.1, -0.05) is 0 Å². The number of ether oxygens (including phenoxy) is 1. The van der Waals surface area contributed by atoms with Crippen LogP contribution in [0.4, 0.5) is 4.39 Å². The molecule has 0 aliphatic carbocycles. The van der Waals surface area contributed by atoms with Crippen molar-refractivity contribution < 1.29 is 60.6 Å². The van der Waals surface area contributed by atoms with Crippen molar-refractivity contribution in [2.75, 3.05) is 19.1 Å². The molecule has 0 fully saturated rings. The van der Waals surface area contributed by atoms with Gasteiger partial charge in [0.2, 0.25) is 5.88 Å². The summed E-state index contributed by atoms with van der Waals surface area (Å²) in [6.45, 7) is -2.95. The number of phosphoric ester groups is 1. The Morgan fingerprint density at radius 3 is 2.32 bits per heavy atom. The quantitative estimate of drug-likeness (QED) is 0.154. The SMILES string of the molecule is Nn1c(=O)ccn(C2=C[C@H](O)[C@@](CF)(COP(=O)(O)OP(=O)(O)OP(=O)(O)O)O2)c1=O. The summed E-state index contributed by atoms with van der Waals surface area (Å²) in [6, 6.07) is 0.833. The molecule has 17 nitrogen and oxygen atoms in total. The second kappa shape index (κ2) is 8.69. The van der Waals surface area contributed by atoms with Gasteiger partial charge in [0.05, 0.1) is 0 Å². The number of rotatable bonds is 9. The summed E-state index contributed by atoms with van der Waals surface area (Å²) in [5.41, 5.74) is -4.53. The minimum absolute atomic E-state index is 0.165. The van der Waals surface area contributed by atoms with Crippen LogP contribution in [0.5, 0.6) is 0 Å². The van der Waals surface area contributed by atoms with E-state index in [-0.39, 0.29) is 4.68 Å². The first-order valence-corrected chi connectivity index (χ1v) is 12.1. The van der Waals surface area contributed by atoms with Crippen molar-refractivity contribution >= 4 is 29.4 Å². The standard InChI is InChI=1S/C10H15FN3O14P3/c11-4-10(5-25-30(21,22)28-31(23,24)27-29(18,19)20)6(15)3-8(26-10)13-2-1-7(16)14(12)9(13)17/h1-3,6,15H,4-5,12H2,(H,21,22)(H,23,24)(H2,18,19,20)/t6-,10+/m0/s1. The third kappa shape index (κ3) is 6.19. The van der Waals surface area contributed by atoms with Gasteiger partial charge in [-0.15, -0.1) is 0 Å². The van der Waals surface area contributed by atoms with Gasteiger partial charge in [0, 0.05) is 18.3 Å². The van der Waals surface area contributed by atoms with Crippen molar-refractivity contribution in [2.24, 2.45) is 0 Å². The lowest BCUT2D eigenvalue weighted by atomic mass is 10.0. The summed E-state index contributed by atoms with van der Waals surface area (Å²) in [7, 11) is -17.1. The summed E-state index contributed by atoms with van der Waals surface area (Å²) in [6.07, 6.45) is -0.278. The Hall–Kier alpha value is -1.68. The van der Waals surface area contributed by atoms with Crippen LogP contribution < -0.4 is 17.1 Å². The molecule has 21 heteroatoms. The third-order valence-electron chi connectivity index (χ3n) is 3.51. The maximum absolute atomic E-state index is 13.7. The van der Waals surface area contributed by atoms with Gasteiger partial charge in [-0.2, -0.15) is 13.3 Å². The Balaban J connectivity index is 2.19. The molecule has 2 unspecified atom stereocenters. The molecule has 1 aromatic rings. The maximum Gasteiger partial charge on any atom is 0.490 e. The van der Waals surface area contributed by atoms with Crippen molar-refractivity contribution in [1.29, 1.82) is 0 Å². The van der Waals surface area contributed by atoms with Gasteiger partial charge in [-0.25, -0.2) is 27.4 Å². The van der Waals surface area contributed by atoms with E-state index in [0.29, 0.717) is 4.57 Å². The Morgan fingerprint density at radius 2 is 1.77 bits per heavy atom. The second-order valence-electron chi connectivity index (χ2n) is 5.79. The van der Waals surface area contributed by atoms with Crippen molar-refractivity contribution in [2.45, 2.75) is 11.7 Å². The number of aliphatic hydroxyl groups excluding tert-OH is 1. The molecular weight excluding hydrogens is 498 g/mol. The molecule has 176 valence electrons. The number of nitrogen functional groups attached to an aromatic ring is 1. The van der Waals surface area contributed by atoms with Gasteiger partial charge in [0.15, 0.2) is 5.60 Å². The van der Waals surface area contributed by atoms with E-state index in [1.165, 1.54) is 0 Å². The predicted octanol–water partition coefficient (Wildman–Crippen LogP) is -2.04. The molecule has 1 aromatic heterocycles. The zero-order chi connectivity index (χ0) is 23.8. The summed E-state index contributed by atoms with van der Waals surface area (Å²) in [5.74, 6) is 4.67. The lowest BCUT2D eigenvalue weighted by Crippen LogP contribution is -2.47. The average Bonchev–Trinajstić information content (AvgIpc) is 2.92. The molecule has 0 spiro atoms. The van der Waals surface area contributed by atoms with Gasteiger partial charge in [-0.3, -0.25) is 9.32 Å². The molecule has 0 bridgehead atoms. The molecule has 0 amide bonds. The molecule has 2 heterocycles. The number of nitrogens with zero attached hydrogens (tertiary/aromatic N) is 2. The Labute approximate surface area is 170 Å².